The van der Waals surface area contributed by atoms with Crippen molar-refractivity contribution in [2.24, 2.45) is 5.10 Å². The first-order valence-corrected chi connectivity index (χ1v) is 12.5. The third kappa shape index (κ3) is 6.44. The van der Waals surface area contributed by atoms with E-state index >= 15 is 0 Å². The Balaban J connectivity index is 1.34. The number of benzene rings is 1. The van der Waals surface area contributed by atoms with E-state index in [2.05, 4.69) is 21.2 Å². The van der Waals surface area contributed by atoms with Crippen LogP contribution in [0.3, 0.4) is 0 Å². The van der Waals surface area contributed by atoms with E-state index in [1.54, 1.807) is 18.0 Å². The summed E-state index contributed by atoms with van der Waals surface area (Å²) in [5.74, 6) is -0.561. The fourth-order valence-electron chi connectivity index (χ4n) is 4.65. The first kappa shape index (κ1) is 25.3. The second kappa shape index (κ2) is 12.2. The average Bonchev–Trinajstić information content (AvgIpc) is 3.02. The zero-order valence-corrected chi connectivity index (χ0v) is 20.6. The van der Waals surface area contributed by atoms with Gasteiger partial charge in [-0.05, 0) is 37.5 Å². The number of ether oxygens (including phenoxy) is 1. The molecule has 3 aliphatic rings. The first-order valence-electron chi connectivity index (χ1n) is 12.5. The summed E-state index contributed by atoms with van der Waals surface area (Å²) in [6.07, 6.45) is 9.39. The molecular formula is C26H34N6O4. The maximum Gasteiger partial charge on any atom is 0.329 e. The van der Waals surface area contributed by atoms with Gasteiger partial charge in [-0.25, -0.2) is 9.59 Å². The molecule has 0 saturated carbocycles. The van der Waals surface area contributed by atoms with Gasteiger partial charge in [0.2, 0.25) is 5.91 Å². The van der Waals surface area contributed by atoms with Crippen LogP contribution in [-0.4, -0.2) is 72.2 Å². The molecular weight excluding hydrogens is 460 g/mol. The third-order valence-electron chi connectivity index (χ3n) is 6.54. The Hall–Kier alpha value is -3.82. The van der Waals surface area contributed by atoms with Crippen LogP contribution in [0.1, 0.15) is 38.2 Å². The summed E-state index contributed by atoms with van der Waals surface area (Å²) in [6.45, 7) is 4.19. The normalized spacial score (nSPS) is 22.2. The maximum absolute atomic E-state index is 13.2. The number of hydrogen-bond donors (Lipinski definition) is 3. The average molecular weight is 495 g/mol. The SMILES string of the molecule is CCOC(=O)C(CC(=O)N1CCC(N2Cc3ccccc3NC2=O)CC1)NC1=C/C/C=N\NC/C=C\1. The fraction of sp³-hybridized carbons (Fsp3) is 0.462. The number of amides is 3. The minimum absolute atomic E-state index is 0.00139. The molecule has 1 atom stereocenters. The van der Waals surface area contributed by atoms with Crippen LogP contribution in [0.15, 0.2) is 53.3 Å². The lowest BCUT2D eigenvalue weighted by molar-refractivity contribution is -0.148. The van der Waals surface area contributed by atoms with Gasteiger partial charge in [-0.1, -0.05) is 30.4 Å². The molecule has 3 amide bonds. The van der Waals surface area contributed by atoms with Crippen molar-refractivity contribution < 1.29 is 19.1 Å². The Bertz CT molecular complexity index is 1040. The number of hydrogen-bond acceptors (Lipinski definition) is 7. The van der Waals surface area contributed by atoms with Crippen LogP contribution >= 0.6 is 0 Å². The van der Waals surface area contributed by atoms with E-state index < -0.39 is 12.0 Å². The molecule has 3 heterocycles. The van der Waals surface area contributed by atoms with Crippen molar-refractivity contribution in [3.05, 3.63) is 53.8 Å². The first-order chi connectivity index (χ1) is 17.5. The van der Waals surface area contributed by atoms with Crippen molar-refractivity contribution in [2.45, 2.75) is 51.2 Å². The molecule has 1 aromatic carbocycles. The van der Waals surface area contributed by atoms with Gasteiger partial charge in [-0.15, -0.1) is 0 Å². The zero-order chi connectivity index (χ0) is 25.3. The van der Waals surface area contributed by atoms with Crippen LogP contribution < -0.4 is 16.1 Å². The van der Waals surface area contributed by atoms with Crippen LogP contribution in [0.25, 0.3) is 0 Å². The summed E-state index contributed by atoms with van der Waals surface area (Å²) in [5, 5.41) is 10.2. The van der Waals surface area contributed by atoms with E-state index in [4.69, 9.17) is 4.74 Å². The van der Waals surface area contributed by atoms with Gasteiger partial charge in [0.15, 0.2) is 0 Å². The number of esters is 1. The van der Waals surface area contributed by atoms with E-state index in [0.717, 1.165) is 16.9 Å². The minimum Gasteiger partial charge on any atom is -0.464 e. The Morgan fingerprint density at radius 1 is 1.25 bits per heavy atom. The number of carbonyl (C=O) groups excluding carboxylic acids is 3. The smallest absolute Gasteiger partial charge is 0.329 e. The molecule has 192 valence electrons. The molecule has 3 N–H and O–H groups in total. The number of fused-ring (bicyclic) bond motifs is 1. The van der Waals surface area contributed by atoms with Crippen molar-refractivity contribution in [3.63, 3.8) is 0 Å². The zero-order valence-electron chi connectivity index (χ0n) is 20.6. The number of urea groups is 1. The third-order valence-corrected chi connectivity index (χ3v) is 6.54. The predicted octanol–water partition coefficient (Wildman–Crippen LogP) is 2.36. The number of carbonyl (C=O) groups is 3. The molecule has 10 nitrogen and oxygen atoms in total. The number of piperidine rings is 1. The summed E-state index contributed by atoms with van der Waals surface area (Å²) in [6, 6.07) is 6.99. The van der Waals surface area contributed by atoms with Crippen LogP contribution in [0.5, 0.6) is 0 Å². The molecule has 1 fully saturated rings. The van der Waals surface area contributed by atoms with E-state index in [1.165, 1.54) is 0 Å². The van der Waals surface area contributed by atoms with Crippen LogP contribution in [0.2, 0.25) is 0 Å². The molecule has 0 radical (unpaired) electrons. The highest BCUT2D eigenvalue weighted by Gasteiger charge is 2.34. The monoisotopic (exact) mass is 494 g/mol. The predicted molar refractivity (Wildman–Crippen MR) is 137 cm³/mol. The number of rotatable bonds is 7. The highest BCUT2D eigenvalue weighted by atomic mass is 16.5. The van der Waals surface area contributed by atoms with E-state index in [-0.39, 0.29) is 31.0 Å². The van der Waals surface area contributed by atoms with Crippen LogP contribution in [0, 0.1) is 0 Å². The van der Waals surface area contributed by atoms with Gasteiger partial charge in [-0.2, -0.15) is 5.10 Å². The minimum atomic E-state index is -0.791. The van der Waals surface area contributed by atoms with E-state index in [1.807, 2.05) is 47.4 Å². The van der Waals surface area contributed by atoms with E-state index in [0.29, 0.717) is 45.4 Å². The molecule has 0 bridgehead atoms. The van der Waals surface area contributed by atoms with Gasteiger partial charge in [0, 0.05) is 49.7 Å². The Morgan fingerprint density at radius 2 is 2.06 bits per heavy atom. The highest BCUT2D eigenvalue weighted by Crippen LogP contribution is 2.27. The summed E-state index contributed by atoms with van der Waals surface area (Å²) < 4.78 is 5.24. The Morgan fingerprint density at radius 3 is 2.86 bits per heavy atom. The molecule has 1 unspecified atom stereocenters. The summed E-state index contributed by atoms with van der Waals surface area (Å²) in [5.41, 5.74) is 5.59. The maximum atomic E-state index is 13.2. The lowest BCUT2D eigenvalue weighted by Gasteiger charge is -2.40. The van der Waals surface area contributed by atoms with Crippen molar-refractivity contribution >= 4 is 29.8 Å². The second-order valence-electron chi connectivity index (χ2n) is 8.95. The highest BCUT2D eigenvalue weighted by molar-refractivity contribution is 5.92. The largest absolute Gasteiger partial charge is 0.464 e. The standard InChI is InChI=1S/C26H34N6O4/c1-2-36-25(34)23(29-20-8-5-13-27-28-14-6-9-20)17-24(33)31-15-11-21(12-16-31)32-18-19-7-3-4-10-22(19)30-26(32)35/h3-5,7-10,14,21,23,27,29H,2,6,11-13,15-18H2,1H3,(H,30,35)/b8-5-,20-9+,28-14-. The fourth-order valence-corrected chi connectivity index (χ4v) is 4.65. The quantitative estimate of drug-likeness (QED) is 0.502. The molecule has 0 aliphatic carbocycles. The lowest BCUT2D eigenvalue weighted by Crippen LogP contribution is -2.52. The second-order valence-corrected chi connectivity index (χ2v) is 8.95. The van der Waals surface area contributed by atoms with Gasteiger partial charge in [0.05, 0.1) is 19.6 Å². The summed E-state index contributed by atoms with van der Waals surface area (Å²) in [7, 11) is 0. The van der Waals surface area contributed by atoms with E-state index in [9.17, 15) is 14.4 Å². The molecule has 1 aromatic rings. The molecule has 36 heavy (non-hydrogen) atoms. The molecule has 10 heteroatoms. The Kier molecular flexibility index (Phi) is 8.59. The molecule has 4 rings (SSSR count). The summed E-state index contributed by atoms with van der Waals surface area (Å²) in [4.78, 5) is 42.1. The van der Waals surface area contributed by atoms with Gasteiger partial charge >= 0.3 is 12.0 Å². The topological polar surface area (TPSA) is 115 Å². The number of hydrazone groups is 1. The number of para-hydroxylation sites is 1. The van der Waals surface area contributed by atoms with Crippen LogP contribution in [-0.2, 0) is 20.9 Å². The number of nitrogens with one attached hydrogen (secondary N) is 3. The molecule has 3 aliphatic heterocycles. The number of anilines is 1. The Labute approximate surface area is 211 Å². The van der Waals surface area contributed by atoms with Crippen molar-refractivity contribution in [2.75, 3.05) is 31.6 Å². The van der Waals surface area contributed by atoms with Crippen molar-refractivity contribution in [1.29, 1.82) is 0 Å². The lowest BCUT2D eigenvalue weighted by atomic mass is 10.00. The number of allylic oxidation sites excluding steroid dienone is 2. The number of likely N-dealkylation sites (tertiary alicyclic amines) is 1. The van der Waals surface area contributed by atoms with Gasteiger partial charge in [-0.3, -0.25) is 4.79 Å². The van der Waals surface area contributed by atoms with Gasteiger partial charge in [0.1, 0.15) is 6.04 Å². The van der Waals surface area contributed by atoms with Crippen molar-refractivity contribution in [1.82, 2.24) is 20.5 Å². The summed E-state index contributed by atoms with van der Waals surface area (Å²) >= 11 is 0. The van der Waals surface area contributed by atoms with Gasteiger partial charge < -0.3 is 30.6 Å². The van der Waals surface area contributed by atoms with Crippen LogP contribution in [0.4, 0.5) is 10.5 Å². The molecule has 0 aromatic heterocycles. The molecule has 0 spiro atoms. The van der Waals surface area contributed by atoms with Crippen molar-refractivity contribution in [3.8, 4) is 0 Å². The number of nitrogens with zero attached hydrogens (tertiary/aromatic N) is 3. The van der Waals surface area contributed by atoms with Gasteiger partial charge in [0.25, 0.3) is 0 Å². The molecule has 1 saturated heterocycles.